The molecule has 4 aromatic carbocycles. The van der Waals surface area contributed by atoms with Gasteiger partial charge in [-0.15, -0.1) is 0 Å². The van der Waals surface area contributed by atoms with Gasteiger partial charge >= 0.3 is 6.61 Å². The molecule has 0 bridgehead atoms. The van der Waals surface area contributed by atoms with Crippen molar-refractivity contribution in [3.63, 3.8) is 0 Å². The Balaban J connectivity index is 0.000000218. The highest BCUT2D eigenvalue weighted by molar-refractivity contribution is 6.07. The molecule has 0 spiro atoms. The van der Waals surface area contributed by atoms with Crippen molar-refractivity contribution in [2.24, 2.45) is 22.0 Å². The molecule has 0 saturated heterocycles. The number of halogens is 3. The quantitative estimate of drug-likeness (QED) is 0.123. The molecule has 2 unspecified atom stereocenters. The van der Waals surface area contributed by atoms with Crippen LogP contribution >= 0.6 is 0 Å². The number of carbonyl (C=O) groups is 2. The van der Waals surface area contributed by atoms with Crippen molar-refractivity contribution >= 4 is 34.6 Å². The molecule has 57 heavy (non-hydrogen) atoms. The number of hydrogen-bond acceptors (Lipinski definition) is 10. The van der Waals surface area contributed by atoms with Gasteiger partial charge in [0.25, 0.3) is 0 Å². The monoisotopic (exact) mass is 788 g/mol. The number of carbonyl (C=O) groups excluding carboxylic acids is 2. The highest BCUT2D eigenvalue weighted by Gasteiger charge is 2.31. The smallest absolute Gasteiger partial charge is 0.387 e. The van der Waals surface area contributed by atoms with Crippen LogP contribution in [0, 0.1) is 11.8 Å². The van der Waals surface area contributed by atoms with Crippen molar-refractivity contribution in [3.8, 4) is 23.0 Å². The van der Waals surface area contributed by atoms with Crippen LogP contribution in [0.1, 0.15) is 61.8 Å². The first-order chi connectivity index (χ1) is 27.5. The summed E-state index contributed by atoms with van der Waals surface area (Å²) >= 11 is 0. The number of methoxy groups -OCH3 is 2. The minimum Gasteiger partial charge on any atom is -0.493 e. The van der Waals surface area contributed by atoms with Crippen molar-refractivity contribution in [1.29, 1.82) is 0 Å². The minimum absolute atomic E-state index is 0.00724. The van der Waals surface area contributed by atoms with Crippen LogP contribution in [0.3, 0.4) is 0 Å². The van der Waals surface area contributed by atoms with Gasteiger partial charge in [0, 0.05) is 47.2 Å². The van der Waals surface area contributed by atoms with Crippen molar-refractivity contribution in [2.75, 3.05) is 32.5 Å². The van der Waals surface area contributed by atoms with E-state index in [1.54, 1.807) is 48.5 Å². The van der Waals surface area contributed by atoms with Crippen LogP contribution in [0.5, 0.6) is 23.0 Å². The van der Waals surface area contributed by atoms with Gasteiger partial charge < -0.3 is 30.4 Å². The molecule has 0 aromatic heterocycles. The van der Waals surface area contributed by atoms with Crippen molar-refractivity contribution in [2.45, 2.75) is 59.2 Å². The molecule has 2 heterocycles. The largest absolute Gasteiger partial charge is 0.493 e. The van der Waals surface area contributed by atoms with E-state index in [1.807, 2.05) is 44.2 Å². The van der Waals surface area contributed by atoms with E-state index in [0.29, 0.717) is 60.1 Å². The Morgan fingerprint density at radius 1 is 0.667 bits per heavy atom. The predicted molar refractivity (Wildman–Crippen MR) is 212 cm³/mol. The average Bonchev–Trinajstić information content (AvgIpc) is 3.21. The molecule has 302 valence electrons. The highest BCUT2D eigenvalue weighted by atomic mass is 19.3. The Labute approximate surface area is 329 Å². The van der Waals surface area contributed by atoms with E-state index in [-0.39, 0.29) is 35.1 Å². The van der Waals surface area contributed by atoms with Crippen LogP contribution in [-0.2, 0) is 22.7 Å². The zero-order chi connectivity index (χ0) is 41.1. The van der Waals surface area contributed by atoms with Crippen LogP contribution in [0.4, 0.5) is 24.5 Å². The molecule has 12 nitrogen and oxygen atoms in total. The SMILES string of the molecule is CCC1CC(=O)N(Cc2ccc(N)cc2)N=C1c1ccc(OC(F)F)c(OC)c1.CCC1CC(=O)N(Cc2ccc(N)cc2)N=C1c1ccc(OCF)c(OC)c1. The number of nitrogens with two attached hydrogens (primary N) is 2. The number of hydrazone groups is 2. The number of amides is 2. The Kier molecular flexibility index (Phi) is 14.4. The van der Waals surface area contributed by atoms with Crippen molar-refractivity contribution < 1.29 is 41.7 Å². The zero-order valence-corrected chi connectivity index (χ0v) is 32.3. The summed E-state index contributed by atoms with van der Waals surface area (Å²) in [5.74, 6) is 0.735. The second kappa shape index (κ2) is 19.6. The topological polar surface area (TPSA) is 154 Å². The number of alkyl halides is 3. The van der Waals surface area contributed by atoms with Gasteiger partial charge in [0.1, 0.15) is 0 Å². The summed E-state index contributed by atoms with van der Waals surface area (Å²) in [7, 11) is 2.88. The molecule has 6 rings (SSSR count). The van der Waals surface area contributed by atoms with Crippen LogP contribution in [0.15, 0.2) is 95.1 Å². The third-order valence-corrected chi connectivity index (χ3v) is 9.60. The Bertz CT molecular complexity index is 2060. The fourth-order valence-corrected chi connectivity index (χ4v) is 6.49. The molecule has 2 atom stereocenters. The second-order valence-corrected chi connectivity index (χ2v) is 13.3. The average molecular weight is 789 g/mol. The first kappa shape index (κ1) is 41.9. The molecule has 0 saturated carbocycles. The van der Waals surface area contributed by atoms with E-state index < -0.39 is 13.5 Å². The van der Waals surface area contributed by atoms with E-state index in [4.69, 9.17) is 25.7 Å². The number of benzene rings is 4. The zero-order valence-electron chi connectivity index (χ0n) is 32.3. The molecular weight excluding hydrogens is 741 g/mol. The molecule has 4 N–H and O–H groups in total. The number of hydrogen-bond donors (Lipinski definition) is 2. The van der Waals surface area contributed by atoms with Crippen LogP contribution in [0.2, 0.25) is 0 Å². The van der Waals surface area contributed by atoms with Gasteiger partial charge in [0.05, 0.1) is 38.7 Å². The summed E-state index contributed by atoms with van der Waals surface area (Å²) < 4.78 is 57.6. The van der Waals surface area contributed by atoms with Gasteiger partial charge in [-0.25, -0.2) is 14.4 Å². The highest BCUT2D eigenvalue weighted by Crippen LogP contribution is 2.34. The van der Waals surface area contributed by atoms with E-state index in [1.165, 1.54) is 30.3 Å². The maximum Gasteiger partial charge on any atom is 0.387 e. The van der Waals surface area contributed by atoms with Crippen LogP contribution < -0.4 is 30.4 Å². The molecule has 4 aromatic rings. The standard InChI is InChI=1S/C21H23F2N3O3.C21H24FN3O3/c1-3-14-11-19(27)26(12-13-4-7-16(24)8-5-13)25-20(14)15-6-9-17(29-21(22)23)18(10-15)28-2;1-3-15-11-20(26)25(12-14-4-7-17(23)8-5-14)24-21(15)16-6-9-18(28-13-22)19(10-16)27-2/h4-10,14,21H,3,11-12,24H2,1-2H3;4-10,15H,3,11-13,23H2,1-2H3. The first-order valence-electron chi connectivity index (χ1n) is 18.4. The van der Waals surface area contributed by atoms with Crippen LogP contribution in [0.25, 0.3) is 0 Å². The van der Waals surface area contributed by atoms with Gasteiger partial charge in [0.2, 0.25) is 18.7 Å². The van der Waals surface area contributed by atoms with Crippen LogP contribution in [-0.4, -0.2) is 60.9 Å². The minimum atomic E-state index is -2.95. The maximum absolute atomic E-state index is 12.6. The molecule has 0 radical (unpaired) electrons. The first-order valence-corrected chi connectivity index (χ1v) is 18.4. The molecule has 15 heteroatoms. The third-order valence-electron chi connectivity index (χ3n) is 9.60. The number of ether oxygens (including phenoxy) is 4. The lowest BCUT2D eigenvalue weighted by Crippen LogP contribution is -2.36. The summed E-state index contributed by atoms with van der Waals surface area (Å²) in [6.45, 7) is 0.827. The lowest BCUT2D eigenvalue weighted by atomic mass is 9.89. The molecule has 0 aliphatic carbocycles. The summed E-state index contributed by atoms with van der Waals surface area (Å²) in [6.07, 6.45) is 2.21. The lowest BCUT2D eigenvalue weighted by Gasteiger charge is -2.29. The fourth-order valence-electron chi connectivity index (χ4n) is 6.49. The van der Waals surface area contributed by atoms with Gasteiger partial charge in [-0.3, -0.25) is 9.59 Å². The molecule has 2 aliphatic rings. The predicted octanol–water partition coefficient (Wildman–Crippen LogP) is 7.79. The van der Waals surface area contributed by atoms with Gasteiger partial charge in [-0.05, 0) is 84.6 Å². The number of nitrogen functional groups attached to an aromatic ring is 2. The van der Waals surface area contributed by atoms with Crippen molar-refractivity contribution in [1.82, 2.24) is 10.0 Å². The van der Waals surface area contributed by atoms with Gasteiger partial charge in [0.15, 0.2) is 23.0 Å². The van der Waals surface area contributed by atoms with E-state index in [0.717, 1.165) is 35.2 Å². The molecular formula is C42H47F3N6O6. The lowest BCUT2D eigenvalue weighted by molar-refractivity contribution is -0.134. The summed E-state index contributed by atoms with van der Waals surface area (Å²) in [6, 6.07) is 24.5. The van der Waals surface area contributed by atoms with Gasteiger partial charge in [-0.2, -0.15) is 19.0 Å². The summed E-state index contributed by atoms with van der Waals surface area (Å²) in [4.78, 5) is 25.2. The fraction of sp³-hybridized carbons (Fsp3) is 0.333. The second-order valence-electron chi connectivity index (χ2n) is 13.3. The van der Waals surface area contributed by atoms with E-state index >= 15 is 0 Å². The maximum atomic E-state index is 12.6. The third kappa shape index (κ3) is 10.7. The number of anilines is 2. The van der Waals surface area contributed by atoms with Crippen molar-refractivity contribution in [3.05, 3.63) is 107 Å². The Morgan fingerprint density at radius 3 is 1.47 bits per heavy atom. The summed E-state index contributed by atoms with van der Waals surface area (Å²) in [5.41, 5.74) is 17.7. The Hall–Kier alpha value is -6.25. The normalized spacial score (nSPS) is 16.7. The number of nitrogens with zero attached hydrogens (tertiary/aromatic N) is 4. The summed E-state index contributed by atoms with van der Waals surface area (Å²) in [5, 5.41) is 12.2. The Morgan fingerprint density at radius 2 is 1.09 bits per heavy atom. The number of rotatable bonds is 14. The van der Waals surface area contributed by atoms with E-state index in [9.17, 15) is 22.8 Å². The van der Waals surface area contributed by atoms with Gasteiger partial charge in [-0.1, -0.05) is 38.1 Å². The molecule has 2 aliphatic heterocycles. The van der Waals surface area contributed by atoms with E-state index in [2.05, 4.69) is 14.9 Å². The molecule has 2 amide bonds. The molecule has 0 fully saturated rings.